The highest BCUT2D eigenvalue weighted by Gasteiger charge is 2.38. The molecule has 0 unspecified atom stereocenters. The van der Waals surface area contributed by atoms with Crippen LogP contribution in [0.1, 0.15) is 41.9 Å². The third-order valence-corrected chi connectivity index (χ3v) is 5.35. The van der Waals surface area contributed by atoms with Crippen molar-refractivity contribution < 1.29 is 0 Å². The van der Waals surface area contributed by atoms with Gasteiger partial charge in [-0.2, -0.15) is 0 Å². The number of nitrogens with one attached hydrogen (secondary N) is 1. The van der Waals surface area contributed by atoms with Crippen LogP contribution in [0.15, 0.2) is 36.9 Å². The molecule has 5 rings (SSSR count). The van der Waals surface area contributed by atoms with Gasteiger partial charge in [-0.3, -0.25) is 10.4 Å². The molecule has 3 aromatic heterocycles. The maximum atomic E-state index is 4.91. The predicted octanol–water partition coefficient (Wildman–Crippen LogP) is 1.44. The number of hydrogen-bond donors (Lipinski definition) is 1. The summed E-state index contributed by atoms with van der Waals surface area (Å²) < 4.78 is 0. The van der Waals surface area contributed by atoms with Crippen molar-refractivity contribution in [2.45, 2.75) is 31.6 Å². The van der Waals surface area contributed by atoms with Gasteiger partial charge in [-0.1, -0.05) is 6.58 Å². The molecule has 134 valence electrons. The normalized spacial score (nSPS) is 20.4. The quantitative estimate of drug-likeness (QED) is 0.760. The Hall–Kier alpha value is -3.35. The summed E-state index contributed by atoms with van der Waals surface area (Å²) in [5.74, 6) is 2.98. The summed E-state index contributed by atoms with van der Waals surface area (Å²) in [5, 5.41) is 3.59. The lowest BCUT2D eigenvalue weighted by Gasteiger charge is -2.34. The molecule has 7 nitrogen and oxygen atoms in total. The first kappa shape index (κ1) is 15.9. The molecule has 1 N–H and O–H groups in total. The van der Waals surface area contributed by atoms with Gasteiger partial charge >= 0.3 is 0 Å². The molecule has 1 saturated carbocycles. The molecule has 2 aliphatic rings. The van der Waals surface area contributed by atoms with Gasteiger partial charge in [-0.05, 0) is 37.5 Å². The number of rotatable bonds is 3. The molecule has 0 aromatic carbocycles. The van der Waals surface area contributed by atoms with E-state index in [1.54, 1.807) is 18.6 Å². The number of aromatic nitrogens is 5. The maximum absolute atomic E-state index is 4.91. The molecular formula is C20H19N7. The predicted molar refractivity (Wildman–Crippen MR) is 102 cm³/mol. The average molecular weight is 357 g/mol. The number of nitrogens with zero attached hydrogens (tertiary/aromatic N) is 6. The third kappa shape index (κ3) is 2.54. The van der Waals surface area contributed by atoms with Crippen LogP contribution in [0.3, 0.4) is 0 Å². The molecule has 0 saturated heterocycles. The van der Waals surface area contributed by atoms with Crippen molar-refractivity contribution in [3.8, 4) is 0 Å². The van der Waals surface area contributed by atoms with Crippen molar-refractivity contribution in [3.63, 3.8) is 0 Å². The summed E-state index contributed by atoms with van der Waals surface area (Å²) >= 11 is 0. The molecule has 27 heavy (non-hydrogen) atoms. The fourth-order valence-corrected chi connectivity index (χ4v) is 3.69. The monoisotopic (exact) mass is 357 g/mol. The van der Waals surface area contributed by atoms with E-state index < -0.39 is 0 Å². The number of hydrazine groups is 1. The highest BCUT2D eigenvalue weighted by Crippen LogP contribution is 2.46. The first-order valence-electron chi connectivity index (χ1n) is 9.03. The molecule has 1 fully saturated rings. The number of aryl methyl sites for hydroxylation is 1. The number of fused-ring (bicyclic) bond motifs is 1. The van der Waals surface area contributed by atoms with Gasteiger partial charge in [0.15, 0.2) is 5.82 Å². The van der Waals surface area contributed by atoms with Gasteiger partial charge in [0.05, 0.1) is 22.5 Å². The van der Waals surface area contributed by atoms with Crippen LogP contribution in [0.4, 0.5) is 11.5 Å². The fourth-order valence-electron chi connectivity index (χ4n) is 3.69. The minimum absolute atomic E-state index is 0.218. The number of pyridine rings is 1. The van der Waals surface area contributed by atoms with Gasteiger partial charge in [-0.15, -0.1) is 0 Å². The molecule has 2 atom stereocenters. The topological polar surface area (TPSA) is 79.7 Å². The Morgan fingerprint density at radius 2 is 1.85 bits per heavy atom. The Bertz CT molecular complexity index is 1110. The summed E-state index contributed by atoms with van der Waals surface area (Å²) in [6.07, 6.45) is 11.2. The first-order chi connectivity index (χ1) is 13.2. The minimum atomic E-state index is 0.218. The zero-order valence-electron chi connectivity index (χ0n) is 15.0. The second kappa shape index (κ2) is 6.12. The van der Waals surface area contributed by atoms with Crippen LogP contribution in [0.25, 0.3) is 12.8 Å². The van der Waals surface area contributed by atoms with Crippen molar-refractivity contribution in [1.82, 2.24) is 30.3 Å². The van der Waals surface area contributed by atoms with Crippen molar-refractivity contribution in [2.24, 2.45) is 0 Å². The smallest absolute Gasteiger partial charge is 0.165 e. The van der Waals surface area contributed by atoms with E-state index in [1.165, 1.54) is 0 Å². The molecule has 1 aliphatic carbocycles. The Morgan fingerprint density at radius 1 is 1.07 bits per heavy atom. The minimum Gasteiger partial charge on any atom is -0.299 e. The summed E-state index contributed by atoms with van der Waals surface area (Å²) in [5.41, 5.74) is 5.35. The van der Waals surface area contributed by atoms with Gasteiger partial charge in [-0.25, -0.2) is 24.9 Å². The number of anilines is 2. The molecule has 0 spiro atoms. The van der Waals surface area contributed by atoms with E-state index in [-0.39, 0.29) is 11.8 Å². The highest BCUT2D eigenvalue weighted by atomic mass is 15.5. The van der Waals surface area contributed by atoms with Gasteiger partial charge in [0, 0.05) is 36.6 Å². The molecule has 0 amide bonds. The second-order valence-electron chi connectivity index (χ2n) is 6.93. The molecule has 0 bridgehead atoms. The molecule has 0 radical (unpaired) electrons. The van der Waals surface area contributed by atoms with Crippen molar-refractivity contribution >= 4 is 24.3 Å². The van der Waals surface area contributed by atoms with E-state index in [0.29, 0.717) is 0 Å². The van der Waals surface area contributed by atoms with Gasteiger partial charge < -0.3 is 0 Å². The van der Waals surface area contributed by atoms with Crippen LogP contribution in [-0.4, -0.2) is 24.9 Å². The molecule has 4 heterocycles. The van der Waals surface area contributed by atoms with Gasteiger partial charge in [0.1, 0.15) is 11.6 Å². The van der Waals surface area contributed by atoms with Crippen LogP contribution < -0.4 is 21.0 Å². The SMILES string of the molecule is C=c1nc([C@@H]2CC[C@H]2c2ncccn2)nc2c1=CNN2c1cnccc1C. The standard InChI is InChI=1S/C20H19N7/c1-12-6-9-21-11-17(12)27-20-16(10-24-27)13(2)25-19(26-20)15-5-4-14(15)18-22-7-3-8-23-18/h3,6-11,14-15,24H,2,4-5H2,1H3/t14-,15-/m1/s1. The maximum Gasteiger partial charge on any atom is 0.165 e. The third-order valence-electron chi connectivity index (χ3n) is 5.35. The molecular weight excluding hydrogens is 338 g/mol. The van der Waals surface area contributed by atoms with Crippen molar-refractivity contribution in [1.29, 1.82) is 0 Å². The summed E-state index contributed by atoms with van der Waals surface area (Å²) in [6, 6.07) is 3.82. The van der Waals surface area contributed by atoms with Gasteiger partial charge in [0.25, 0.3) is 0 Å². The van der Waals surface area contributed by atoms with Crippen LogP contribution in [0.2, 0.25) is 0 Å². The van der Waals surface area contributed by atoms with E-state index in [4.69, 9.17) is 9.97 Å². The first-order valence-corrected chi connectivity index (χ1v) is 9.03. The summed E-state index contributed by atoms with van der Waals surface area (Å²) in [7, 11) is 0. The lowest BCUT2D eigenvalue weighted by molar-refractivity contribution is 0.318. The van der Waals surface area contributed by atoms with Crippen molar-refractivity contribution in [2.75, 3.05) is 5.01 Å². The van der Waals surface area contributed by atoms with E-state index in [1.807, 2.05) is 29.5 Å². The second-order valence-corrected chi connectivity index (χ2v) is 6.93. The van der Waals surface area contributed by atoms with Crippen LogP contribution in [0, 0.1) is 6.92 Å². The van der Waals surface area contributed by atoms with Crippen LogP contribution in [0.5, 0.6) is 0 Å². The zero-order chi connectivity index (χ0) is 18.4. The summed E-state index contributed by atoms with van der Waals surface area (Å²) in [6.45, 7) is 6.20. The highest BCUT2D eigenvalue weighted by molar-refractivity contribution is 5.67. The average Bonchev–Trinajstić information content (AvgIpc) is 3.06. The Labute approximate surface area is 156 Å². The lowest BCUT2D eigenvalue weighted by Crippen LogP contribution is -2.35. The lowest BCUT2D eigenvalue weighted by atomic mass is 9.72. The fraction of sp³-hybridized carbons (Fsp3) is 0.250. The van der Waals surface area contributed by atoms with Crippen LogP contribution in [-0.2, 0) is 0 Å². The zero-order valence-corrected chi connectivity index (χ0v) is 15.0. The Kier molecular flexibility index (Phi) is 3.60. The molecule has 1 aliphatic heterocycles. The van der Waals surface area contributed by atoms with Gasteiger partial charge in [0.2, 0.25) is 0 Å². The summed E-state index contributed by atoms with van der Waals surface area (Å²) in [4.78, 5) is 22.7. The molecule has 7 heteroatoms. The molecule has 3 aromatic rings. The Morgan fingerprint density at radius 3 is 2.59 bits per heavy atom. The van der Waals surface area contributed by atoms with E-state index >= 15 is 0 Å². The Balaban J connectivity index is 1.55. The number of hydrogen-bond acceptors (Lipinski definition) is 7. The van der Waals surface area contributed by atoms with Crippen LogP contribution >= 0.6 is 0 Å². The van der Waals surface area contributed by atoms with E-state index in [2.05, 4.69) is 33.9 Å². The van der Waals surface area contributed by atoms with Crippen molar-refractivity contribution in [3.05, 3.63) is 64.7 Å². The van der Waals surface area contributed by atoms with E-state index in [0.717, 1.165) is 52.1 Å². The largest absolute Gasteiger partial charge is 0.299 e. The van der Waals surface area contributed by atoms with E-state index in [9.17, 15) is 0 Å².